The van der Waals surface area contributed by atoms with Gasteiger partial charge in [0.05, 0.1) is 25.5 Å². The molecule has 0 unspecified atom stereocenters. The number of nitrogens with one attached hydrogen (secondary N) is 1. The Hall–Kier alpha value is -2.12. The molecule has 1 amide bonds. The maximum atomic E-state index is 12.4. The Morgan fingerprint density at radius 2 is 2.08 bits per heavy atom. The van der Waals surface area contributed by atoms with Crippen LogP contribution in [0.2, 0.25) is 0 Å². The largest absolute Gasteiger partial charge is 0.454 e. The second-order valence-electron chi connectivity index (χ2n) is 6.64. The zero-order valence-electron chi connectivity index (χ0n) is 15.1. The number of furan rings is 1. The van der Waals surface area contributed by atoms with Crippen molar-refractivity contribution in [2.24, 2.45) is 0 Å². The molecule has 3 heterocycles. The lowest BCUT2D eigenvalue weighted by atomic mass is 10.2. The molecule has 1 N–H and O–H groups in total. The van der Waals surface area contributed by atoms with E-state index in [0.29, 0.717) is 12.3 Å². The van der Waals surface area contributed by atoms with Crippen LogP contribution in [-0.2, 0) is 11.3 Å². The van der Waals surface area contributed by atoms with E-state index in [1.54, 1.807) is 6.07 Å². The van der Waals surface area contributed by atoms with E-state index in [0.717, 1.165) is 50.0 Å². The fourth-order valence-electron chi connectivity index (χ4n) is 3.08. The Balaban J connectivity index is 1.54. The number of ether oxygens (including phenoxy) is 1. The molecule has 1 atom stereocenters. The van der Waals surface area contributed by atoms with Crippen LogP contribution in [0.1, 0.15) is 34.6 Å². The zero-order chi connectivity index (χ0) is 17.8. The first-order valence-corrected chi connectivity index (χ1v) is 8.72. The number of aromatic nitrogens is 2. The van der Waals surface area contributed by atoms with Crippen LogP contribution < -0.4 is 5.32 Å². The Bertz CT molecular complexity index is 716. The van der Waals surface area contributed by atoms with Gasteiger partial charge in [-0.15, -0.1) is 0 Å². The molecule has 7 nitrogen and oxygen atoms in total. The van der Waals surface area contributed by atoms with E-state index in [-0.39, 0.29) is 11.9 Å². The second-order valence-corrected chi connectivity index (χ2v) is 6.64. The number of hydrogen-bond acceptors (Lipinski definition) is 5. The first kappa shape index (κ1) is 17.7. The van der Waals surface area contributed by atoms with Crippen molar-refractivity contribution in [2.45, 2.75) is 33.4 Å². The first-order chi connectivity index (χ1) is 12.0. The zero-order valence-corrected chi connectivity index (χ0v) is 15.1. The third-order valence-corrected chi connectivity index (χ3v) is 4.31. The Morgan fingerprint density at radius 3 is 2.76 bits per heavy atom. The van der Waals surface area contributed by atoms with Crippen LogP contribution >= 0.6 is 0 Å². The van der Waals surface area contributed by atoms with Crippen LogP contribution in [0.25, 0.3) is 0 Å². The van der Waals surface area contributed by atoms with Gasteiger partial charge >= 0.3 is 0 Å². The van der Waals surface area contributed by atoms with Crippen molar-refractivity contribution in [1.29, 1.82) is 0 Å². The summed E-state index contributed by atoms with van der Waals surface area (Å²) in [4.78, 5) is 14.7. The van der Waals surface area contributed by atoms with E-state index in [1.807, 2.05) is 37.6 Å². The molecule has 3 rings (SSSR count). The van der Waals surface area contributed by atoms with Gasteiger partial charge in [0.25, 0.3) is 5.91 Å². The van der Waals surface area contributed by atoms with Gasteiger partial charge in [-0.3, -0.25) is 14.4 Å². The predicted octanol–water partition coefficient (Wildman–Crippen LogP) is 1.59. The maximum Gasteiger partial charge on any atom is 0.287 e. The maximum absolute atomic E-state index is 12.4. The van der Waals surface area contributed by atoms with E-state index in [4.69, 9.17) is 9.15 Å². The van der Waals surface area contributed by atoms with E-state index >= 15 is 0 Å². The van der Waals surface area contributed by atoms with Gasteiger partial charge in [0.1, 0.15) is 5.76 Å². The molecule has 0 radical (unpaired) electrons. The summed E-state index contributed by atoms with van der Waals surface area (Å²) in [6.45, 7) is 10.6. The lowest BCUT2D eigenvalue weighted by Crippen LogP contribution is -2.45. The number of carbonyl (C=O) groups excluding carboxylic acids is 1. The van der Waals surface area contributed by atoms with Gasteiger partial charge in [-0.25, -0.2) is 0 Å². The van der Waals surface area contributed by atoms with E-state index in [9.17, 15) is 4.79 Å². The smallest absolute Gasteiger partial charge is 0.287 e. The van der Waals surface area contributed by atoms with Crippen molar-refractivity contribution in [2.75, 3.05) is 32.8 Å². The molecule has 1 saturated heterocycles. The summed E-state index contributed by atoms with van der Waals surface area (Å²) in [6.07, 6.45) is 0. The van der Waals surface area contributed by atoms with Crippen molar-refractivity contribution in [1.82, 2.24) is 20.0 Å². The number of nitrogens with zero attached hydrogens (tertiary/aromatic N) is 3. The van der Waals surface area contributed by atoms with Crippen LogP contribution in [0.15, 0.2) is 22.6 Å². The minimum atomic E-state index is -0.180. The predicted molar refractivity (Wildman–Crippen MR) is 93.7 cm³/mol. The molecule has 2 aromatic rings. The highest BCUT2D eigenvalue weighted by molar-refractivity contribution is 5.91. The van der Waals surface area contributed by atoms with Gasteiger partial charge in [0, 0.05) is 31.4 Å². The molecule has 0 saturated carbocycles. The molecule has 1 aliphatic rings. The molecule has 1 fully saturated rings. The van der Waals surface area contributed by atoms with Gasteiger partial charge in [0.2, 0.25) is 0 Å². The molecule has 7 heteroatoms. The lowest BCUT2D eigenvalue weighted by Gasteiger charge is -2.29. The molecular formula is C18H26N4O3. The standard InChI is InChI=1S/C18H26N4O3/c1-13-10-15(3)22(20-13)12-16-4-5-17(25-16)18(23)19-14(2)11-21-6-8-24-9-7-21/h4-5,10,14H,6-9,11-12H2,1-3H3,(H,19,23)/t14-/m1/s1. The van der Waals surface area contributed by atoms with Crippen molar-refractivity contribution >= 4 is 5.91 Å². The highest BCUT2D eigenvalue weighted by Gasteiger charge is 2.18. The molecular weight excluding hydrogens is 320 g/mol. The SMILES string of the molecule is Cc1cc(C)n(Cc2ccc(C(=O)N[C@H](C)CN3CCOCC3)o2)n1. The average molecular weight is 346 g/mol. The molecule has 0 aliphatic carbocycles. The average Bonchev–Trinajstić information content (AvgIpc) is 3.15. The molecule has 0 aromatic carbocycles. The number of morpholine rings is 1. The molecule has 0 spiro atoms. The highest BCUT2D eigenvalue weighted by atomic mass is 16.5. The molecule has 2 aromatic heterocycles. The fourth-order valence-corrected chi connectivity index (χ4v) is 3.08. The van der Waals surface area contributed by atoms with Crippen molar-refractivity contribution in [3.8, 4) is 0 Å². The van der Waals surface area contributed by atoms with Gasteiger partial charge in [-0.2, -0.15) is 5.10 Å². The number of amides is 1. The number of carbonyl (C=O) groups is 1. The third-order valence-electron chi connectivity index (χ3n) is 4.31. The van der Waals surface area contributed by atoms with Gasteiger partial charge in [-0.05, 0) is 39.0 Å². The molecule has 0 bridgehead atoms. The van der Waals surface area contributed by atoms with Crippen molar-refractivity contribution < 1.29 is 13.9 Å². The Morgan fingerprint density at radius 1 is 1.32 bits per heavy atom. The first-order valence-electron chi connectivity index (χ1n) is 8.72. The summed E-state index contributed by atoms with van der Waals surface area (Å²) < 4.78 is 12.9. The number of aryl methyl sites for hydroxylation is 2. The van der Waals surface area contributed by atoms with Crippen LogP contribution in [0, 0.1) is 13.8 Å². The fraction of sp³-hybridized carbons (Fsp3) is 0.556. The second kappa shape index (κ2) is 7.84. The van der Waals surface area contributed by atoms with E-state index < -0.39 is 0 Å². The summed E-state index contributed by atoms with van der Waals surface area (Å²) in [5.74, 6) is 0.878. The van der Waals surface area contributed by atoms with Gasteiger partial charge in [0.15, 0.2) is 5.76 Å². The van der Waals surface area contributed by atoms with Crippen LogP contribution in [-0.4, -0.2) is 59.5 Å². The monoisotopic (exact) mass is 346 g/mol. The van der Waals surface area contributed by atoms with Crippen LogP contribution in [0.5, 0.6) is 0 Å². The normalized spacial score (nSPS) is 16.8. The Labute approximate surface area is 147 Å². The summed E-state index contributed by atoms with van der Waals surface area (Å²) >= 11 is 0. The minimum Gasteiger partial charge on any atom is -0.454 e. The topological polar surface area (TPSA) is 72.5 Å². The van der Waals surface area contributed by atoms with Crippen molar-refractivity contribution in [3.05, 3.63) is 41.1 Å². The summed E-state index contributed by atoms with van der Waals surface area (Å²) in [5, 5.41) is 7.41. The number of hydrogen-bond donors (Lipinski definition) is 1. The highest BCUT2D eigenvalue weighted by Crippen LogP contribution is 2.12. The summed E-state index contributed by atoms with van der Waals surface area (Å²) in [5.41, 5.74) is 2.04. The van der Waals surface area contributed by atoms with Gasteiger partial charge in [-0.1, -0.05) is 0 Å². The molecule has 25 heavy (non-hydrogen) atoms. The van der Waals surface area contributed by atoms with Crippen molar-refractivity contribution in [3.63, 3.8) is 0 Å². The third kappa shape index (κ3) is 4.70. The minimum absolute atomic E-state index is 0.0511. The van der Waals surface area contributed by atoms with Gasteiger partial charge < -0.3 is 14.5 Å². The van der Waals surface area contributed by atoms with E-state index in [1.165, 1.54) is 0 Å². The molecule has 136 valence electrons. The number of rotatable bonds is 6. The lowest BCUT2D eigenvalue weighted by molar-refractivity contribution is 0.0341. The Kier molecular flexibility index (Phi) is 5.55. The summed E-state index contributed by atoms with van der Waals surface area (Å²) in [6, 6.07) is 5.62. The molecule has 1 aliphatic heterocycles. The van der Waals surface area contributed by atoms with Crippen LogP contribution in [0.3, 0.4) is 0 Å². The van der Waals surface area contributed by atoms with Crippen LogP contribution in [0.4, 0.5) is 0 Å². The van der Waals surface area contributed by atoms with E-state index in [2.05, 4.69) is 15.3 Å². The quantitative estimate of drug-likeness (QED) is 0.860. The summed E-state index contributed by atoms with van der Waals surface area (Å²) in [7, 11) is 0.